The highest BCUT2D eigenvalue weighted by atomic mass is 28.3. The molecule has 1 aliphatic rings. The van der Waals surface area contributed by atoms with Gasteiger partial charge in [0.1, 0.15) is 0 Å². The fourth-order valence-electron chi connectivity index (χ4n) is 7.12. The number of hydrogen-bond acceptors (Lipinski definition) is 0. The minimum absolute atomic E-state index is 0.446. The van der Waals surface area contributed by atoms with Crippen LogP contribution in [-0.2, 0) is 0 Å². The number of benzene rings is 4. The molecule has 0 saturated heterocycles. The van der Waals surface area contributed by atoms with Crippen LogP contribution < -0.4 is 15.6 Å². The van der Waals surface area contributed by atoms with Crippen molar-refractivity contribution in [1.82, 2.24) is 0 Å². The Morgan fingerprint density at radius 1 is 0.370 bits per heavy atom. The summed E-state index contributed by atoms with van der Waals surface area (Å²) in [6.45, 7) is 28.3. The zero-order valence-electron chi connectivity index (χ0n) is 30.6. The van der Waals surface area contributed by atoms with Gasteiger partial charge in [0.2, 0.25) is 0 Å². The largest absolute Gasteiger partial charge is 0.163 e. The quantitative estimate of drug-likeness (QED) is 0.121. The normalized spacial score (nSPS) is 13.8. The molecular weight excluding hydrogens is 569 g/mol. The fourth-order valence-corrected chi connectivity index (χ4v) is 12.3. The van der Waals surface area contributed by atoms with E-state index in [1.54, 1.807) is 0 Å². The molecule has 0 heterocycles. The summed E-state index contributed by atoms with van der Waals surface area (Å²) in [5, 5.41) is 4.56. The highest BCUT2D eigenvalue weighted by molar-refractivity contribution is 7.16. The summed E-state index contributed by atoms with van der Waals surface area (Å²) in [6, 6.07) is 32.2. The molecule has 0 bridgehead atoms. The number of rotatable bonds is 10. The van der Waals surface area contributed by atoms with Gasteiger partial charge >= 0.3 is 0 Å². The molecule has 1 radical (unpaired) electrons. The van der Waals surface area contributed by atoms with Crippen LogP contribution in [0.25, 0.3) is 6.08 Å². The van der Waals surface area contributed by atoms with Gasteiger partial charge in [-0.05, 0) is 95.6 Å². The molecule has 4 aromatic rings. The van der Waals surface area contributed by atoms with Gasteiger partial charge in [-0.1, -0.05) is 174 Å². The first kappa shape index (κ1) is 34.2. The van der Waals surface area contributed by atoms with E-state index in [1.807, 2.05) is 0 Å². The third-order valence-corrected chi connectivity index (χ3v) is 15.0. The molecule has 0 unspecified atom stereocenters. The summed E-state index contributed by atoms with van der Waals surface area (Å²) >= 11 is 0. The van der Waals surface area contributed by atoms with Gasteiger partial charge in [-0.3, -0.25) is 0 Å². The molecule has 0 saturated carbocycles. The van der Waals surface area contributed by atoms with Gasteiger partial charge in [0, 0.05) is 5.54 Å². The lowest BCUT2D eigenvalue weighted by Gasteiger charge is -2.41. The molecule has 1 aliphatic carbocycles. The summed E-state index contributed by atoms with van der Waals surface area (Å²) in [7, 11) is -2.88. The van der Waals surface area contributed by atoms with Crippen molar-refractivity contribution in [3.05, 3.63) is 135 Å². The molecule has 0 N–H and O–H groups in total. The molecule has 5 rings (SSSR count). The Morgan fingerprint density at radius 3 is 0.978 bits per heavy atom. The van der Waals surface area contributed by atoms with E-state index in [4.69, 9.17) is 0 Å². The Hall–Kier alpha value is -3.16. The zero-order chi connectivity index (χ0) is 33.5. The second kappa shape index (κ2) is 13.5. The van der Waals surface area contributed by atoms with Crippen LogP contribution in [0.1, 0.15) is 163 Å². The predicted molar refractivity (Wildman–Crippen MR) is 206 cm³/mol. The van der Waals surface area contributed by atoms with Crippen molar-refractivity contribution in [3.63, 3.8) is 0 Å². The van der Waals surface area contributed by atoms with Crippen molar-refractivity contribution in [3.8, 4) is 0 Å². The van der Waals surface area contributed by atoms with E-state index in [0.29, 0.717) is 35.5 Å². The summed E-state index contributed by atoms with van der Waals surface area (Å²) in [6.07, 6.45) is 4.88. The van der Waals surface area contributed by atoms with Gasteiger partial charge in [0.15, 0.2) is 8.07 Å². The smallest absolute Gasteiger partial charge is 0.0741 e. The van der Waals surface area contributed by atoms with E-state index in [1.165, 1.54) is 65.6 Å². The lowest BCUT2D eigenvalue weighted by Crippen LogP contribution is -2.71. The van der Waals surface area contributed by atoms with E-state index < -0.39 is 8.07 Å². The van der Waals surface area contributed by atoms with Crippen molar-refractivity contribution in [1.29, 1.82) is 0 Å². The molecule has 0 atom stereocenters. The summed E-state index contributed by atoms with van der Waals surface area (Å²) in [4.78, 5) is 0. The standard InChI is InChI=1S/C45H57Si/c1-28(2)35-19-36(29(3)4)23-41(22-35)46(45-18-17-34-15-13-14-16-44(34)45,42-24-37(30(5)6)20-38(25-42)31(7)8)43-26-39(32(9)10)21-40(27-43)33(11)12/h13-33H,1-12H3. The first-order valence-electron chi connectivity index (χ1n) is 17.8. The monoisotopic (exact) mass is 625 g/mol. The first-order chi connectivity index (χ1) is 21.7. The van der Waals surface area contributed by atoms with Crippen LogP contribution in [0.2, 0.25) is 0 Å². The highest BCUT2D eigenvalue weighted by Gasteiger charge is 2.49. The lowest BCUT2D eigenvalue weighted by molar-refractivity contribution is 0.834. The van der Waals surface area contributed by atoms with E-state index in [-0.39, 0.29) is 0 Å². The van der Waals surface area contributed by atoms with Crippen molar-refractivity contribution >= 4 is 29.7 Å². The second-order valence-corrected chi connectivity index (χ2v) is 19.4. The van der Waals surface area contributed by atoms with Crippen LogP contribution in [0.4, 0.5) is 0 Å². The maximum absolute atomic E-state index is 2.88. The summed E-state index contributed by atoms with van der Waals surface area (Å²) in [5.74, 6) is 2.68. The van der Waals surface area contributed by atoms with Crippen LogP contribution in [0.3, 0.4) is 0 Å². The van der Waals surface area contributed by atoms with Crippen LogP contribution in [0.15, 0.2) is 84.9 Å². The average molecular weight is 626 g/mol. The minimum Gasteiger partial charge on any atom is -0.0741 e. The molecule has 0 fully saturated rings. The fraction of sp³-hybridized carbons (Fsp3) is 0.400. The van der Waals surface area contributed by atoms with Crippen LogP contribution in [0.5, 0.6) is 0 Å². The molecule has 241 valence electrons. The maximum atomic E-state index is 2.61. The summed E-state index contributed by atoms with van der Waals surface area (Å²) < 4.78 is 0. The molecule has 46 heavy (non-hydrogen) atoms. The molecule has 1 heteroatoms. The Labute approximate surface area is 282 Å². The number of hydrogen-bond donors (Lipinski definition) is 0. The van der Waals surface area contributed by atoms with Crippen molar-refractivity contribution in [2.24, 2.45) is 0 Å². The Balaban J connectivity index is 2.07. The Kier molecular flexibility index (Phi) is 10.0. The predicted octanol–water partition coefficient (Wildman–Crippen LogP) is 11.1. The molecule has 0 aromatic heterocycles. The topological polar surface area (TPSA) is 0 Å². The molecule has 0 spiro atoms. The Morgan fingerprint density at radius 2 is 0.674 bits per heavy atom. The van der Waals surface area contributed by atoms with Gasteiger partial charge in [-0.2, -0.15) is 0 Å². The second-order valence-electron chi connectivity index (χ2n) is 15.7. The van der Waals surface area contributed by atoms with Crippen molar-refractivity contribution in [2.75, 3.05) is 0 Å². The SMILES string of the molecule is CC(C)c1cc(C(C)C)cc([Si]([C]2C=Cc3ccccc32)(c2cc(C(C)C)cc(C(C)C)c2)c2cc(C(C)C)cc(C(C)C)c2)c1. The highest BCUT2D eigenvalue weighted by Crippen LogP contribution is 2.38. The van der Waals surface area contributed by atoms with Crippen LogP contribution in [-0.4, -0.2) is 8.07 Å². The van der Waals surface area contributed by atoms with Crippen molar-refractivity contribution < 1.29 is 0 Å². The van der Waals surface area contributed by atoms with Crippen LogP contribution >= 0.6 is 0 Å². The van der Waals surface area contributed by atoms with Crippen LogP contribution in [0, 0.1) is 5.54 Å². The van der Waals surface area contributed by atoms with Gasteiger partial charge in [-0.15, -0.1) is 0 Å². The van der Waals surface area contributed by atoms with Crippen molar-refractivity contribution in [2.45, 2.75) is 119 Å². The van der Waals surface area contributed by atoms with E-state index in [9.17, 15) is 0 Å². The Bertz CT molecular complexity index is 1480. The summed E-state index contributed by atoms with van der Waals surface area (Å²) in [5.41, 5.74) is 12.9. The van der Waals surface area contributed by atoms with E-state index in [2.05, 4.69) is 174 Å². The van der Waals surface area contributed by atoms with E-state index >= 15 is 0 Å². The number of allylic oxidation sites excluding steroid dienone is 1. The van der Waals surface area contributed by atoms with Gasteiger partial charge < -0.3 is 0 Å². The lowest BCUT2D eigenvalue weighted by atomic mass is 9.95. The average Bonchev–Trinajstić information content (AvgIpc) is 3.45. The first-order valence-corrected chi connectivity index (χ1v) is 19.8. The molecule has 4 aromatic carbocycles. The maximum Gasteiger partial charge on any atom is 0.163 e. The third kappa shape index (κ3) is 6.37. The number of fused-ring (bicyclic) bond motifs is 1. The van der Waals surface area contributed by atoms with Gasteiger partial charge in [0.05, 0.1) is 0 Å². The van der Waals surface area contributed by atoms with Gasteiger partial charge in [0.25, 0.3) is 0 Å². The van der Waals surface area contributed by atoms with Gasteiger partial charge in [-0.25, -0.2) is 0 Å². The molecule has 0 amide bonds. The zero-order valence-corrected chi connectivity index (χ0v) is 31.6. The minimum atomic E-state index is -2.88. The van der Waals surface area contributed by atoms with E-state index in [0.717, 1.165) is 0 Å². The molecular formula is C45H57Si. The molecule has 0 nitrogen and oxygen atoms in total. The molecule has 0 aliphatic heterocycles. The third-order valence-electron chi connectivity index (χ3n) is 10.3.